The van der Waals surface area contributed by atoms with Crippen molar-refractivity contribution >= 4 is 17.8 Å². The van der Waals surface area contributed by atoms with E-state index in [1.807, 2.05) is 6.92 Å². The molecule has 1 aromatic rings. The first-order chi connectivity index (χ1) is 7.17. The number of nitrogens with zero attached hydrogens (tertiary/aromatic N) is 3. The molecule has 1 amide bonds. The number of carbonyl (C=O) groups is 1. The van der Waals surface area contributed by atoms with Gasteiger partial charge >= 0.3 is 0 Å². The Morgan fingerprint density at radius 3 is 2.87 bits per heavy atom. The van der Waals surface area contributed by atoms with Gasteiger partial charge in [-0.2, -0.15) is 4.98 Å². The van der Waals surface area contributed by atoms with Crippen molar-refractivity contribution in [2.75, 3.05) is 30.8 Å². The summed E-state index contributed by atoms with van der Waals surface area (Å²) in [5.74, 6) is 0.632. The lowest BCUT2D eigenvalue weighted by Gasteiger charge is -2.18. The molecule has 15 heavy (non-hydrogen) atoms. The lowest BCUT2D eigenvalue weighted by Crippen LogP contribution is -2.36. The van der Waals surface area contributed by atoms with Crippen LogP contribution in [0.2, 0.25) is 0 Å². The van der Waals surface area contributed by atoms with E-state index in [-0.39, 0.29) is 18.4 Å². The van der Waals surface area contributed by atoms with Crippen molar-refractivity contribution in [2.45, 2.75) is 13.3 Å². The van der Waals surface area contributed by atoms with Gasteiger partial charge in [-0.15, -0.1) is 5.10 Å². The Kier molecular flexibility index (Phi) is 3.90. The van der Waals surface area contributed by atoms with E-state index in [9.17, 15) is 4.79 Å². The molecule has 0 bridgehead atoms. The number of nitrogens with one attached hydrogen (secondary N) is 2. The van der Waals surface area contributed by atoms with E-state index in [0.717, 1.165) is 6.42 Å². The van der Waals surface area contributed by atoms with Crippen LogP contribution < -0.4 is 16.0 Å². The molecule has 0 radical (unpaired) electrons. The van der Waals surface area contributed by atoms with Crippen LogP contribution in [0.3, 0.4) is 0 Å². The summed E-state index contributed by atoms with van der Waals surface area (Å²) in [5, 5.41) is 9.00. The summed E-state index contributed by atoms with van der Waals surface area (Å²) in [4.78, 5) is 17.0. The molecule has 4 N–H and O–H groups in total. The van der Waals surface area contributed by atoms with Gasteiger partial charge in [0.2, 0.25) is 17.8 Å². The molecule has 1 rings (SSSR count). The predicted octanol–water partition coefficient (Wildman–Crippen LogP) is -0.651. The second-order valence-corrected chi connectivity index (χ2v) is 3.12. The summed E-state index contributed by atoms with van der Waals surface area (Å²) in [7, 11) is 1.60. The van der Waals surface area contributed by atoms with Crippen molar-refractivity contribution in [3.63, 3.8) is 0 Å². The molecular weight excluding hydrogens is 196 g/mol. The van der Waals surface area contributed by atoms with Gasteiger partial charge in [-0.3, -0.25) is 4.79 Å². The van der Waals surface area contributed by atoms with E-state index in [1.165, 1.54) is 0 Å². The highest BCUT2D eigenvalue weighted by Gasteiger charge is 2.13. The molecular formula is C8H16N6O. The van der Waals surface area contributed by atoms with Gasteiger partial charge in [0.05, 0.1) is 6.54 Å². The lowest BCUT2D eigenvalue weighted by atomic mass is 10.4. The van der Waals surface area contributed by atoms with Crippen LogP contribution in [-0.2, 0) is 4.79 Å². The highest BCUT2D eigenvalue weighted by atomic mass is 16.1. The average Bonchev–Trinajstić information content (AvgIpc) is 2.64. The van der Waals surface area contributed by atoms with Crippen molar-refractivity contribution < 1.29 is 4.79 Å². The number of carbonyl (C=O) groups excluding carboxylic acids is 1. The Morgan fingerprint density at radius 2 is 2.40 bits per heavy atom. The Bertz CT molecular complexity index is 323. The second-order valence-electron chi connectivity index (χ2n) is 3.12. The summed E-state index contributed by atoms with van der Waals surface area (Å²) in [6.07, 6.45) is 0.908. The number of nitrogens with two attached hydrogens (primary N) is 1. The Balaban J connectivity index is 2.69. The topological polar surface area (TPSA) is 99.9 Å². The average molecular weight is 212 g/mol. The van der Waals surface area contributed by atoms with Crippen LogP contribution in [0.4, 0.5) is 11.9 Å². The van der Waals surface area contributed by atoms with Crippen molar-refractivity contribution in [3.05, 3.63) is 0 Å². The monoisotopic (exact) mass is 212 g/mol. The van der Waals surface area contributed by atoms with Gasteiger partial charge < -0.3 is 16.0 Å². The summed E-state index contributed by atoms with van der Waals surface area (Å²) >= 11 is 0. The van der Waals surface area contributed by atoms with Crippen molar-refractivity contribution in [3.8, 4) is 0 Å². The molecule has 84 valence electrons. The Hall–Kier alpha value is -1.79. The zero-order chi connectivity index (χ0) is 11.3. The molecule has 1 heterocycles. The normalized spacial score (nSPS) is 10.0. The maximum absolute atomic E-state index is 11.2. The summed E-state index contributed by atoms with van der Waals surface area (Å²) < 4.78 is 0. The zero-order valence-electron chi connectivity index (χ0n) is 8.95. The third-order valence-electron chi connectivity index (χ3n) is 1.88. The number of H-pyrrole nitrogens is 1. The van der Waals surface area contributed by atoms with Crippen LogP contribution in [0.1, 0.15) is 13.3 Å². The van der Waals surface area contributed by atoms with E-state index >= 15 is 0 Å². The number of amides is 1. The van der Waals surface area contributed by atoms with Crippen LogP contribution in [-0.4, -0.2) is 41.2 Å². The maximum atomic E-state index is 11.2. The minimum Gasteiger partial charge on any atom is -0.368 e. The molecule has 0 saturated heterocycles. The van der Waals surface area contributed by atoms with E-state index in [0.29, 0.717) is 12.5 Å². The highest BCUT2D eigenvalue weighted by Crippen LogP contribution is 2.07. The van der Waals surface area contributed by atoms with Crippen LogP contribution >= 0.6 is 0 Å². The third-order valence-corrected chi connectivity index (χ3v) is 1.88. The molecule has 7 nitrogen and oxygen atoms in total. The van der Waals surface area contributed by atoms with Gasteiger partial charge in [0, 0.05) is 13.6 Å². The van der Waals surface area contributed by atoms with Gasteiger partial charge in [-0.1, -0.05) is 6.92 Å². The first kappa shape index (κ1) is 11.3. The zero-order valence-corrected chi connectivity index (χ0v) is 8.95. The quantitative estimate of drug-likeness (QED) is 0.602. The fraction of sp³-hybridized carbons (Fsp3) is 0.625. The highest BCUT2D eigenvalue weighted by molar-refractivity contribution is 5.80. The number of hydrogen-bond acceptors (Lipinski definition) is 5. The van der Waals surface area contributed by atoms with Gasteiger partial charge in [-0.25, -0.2) is 5.10 Å². The fourth-order valence-electron chi connectivity index (χ4n) is 1.18. The molecule has 0 saturated carbocycles. The Labute approximate surface area is 88.0 Å². The molecule has 0 aromatic carbocycles. The summed E-state index contributed by atoms with van der Waals surface area (Å²) in [6, 6.07) is 0. The Morgan fingerprint density at radius 1 is 1.67 bits per heavy atom. The lowest BCUT2D eigenvalue weighted by molar-refractivity contribution is -0.119. The summed E-state index contributed by atoms with van der Waals surface area (Å²) in [6.45, 7) is 2.97. The number of rotatable bonds is 5. The molecule has 0 atom stereocenters. The molecule has 0 aliphatic carbocycles. The van der Waals surface area contributed by atoms with Crippen molar-refractivity contribution in [2.24, 2.45) is 0 Å². The molecule has 7 heteroatoms. The number of likely N-dealkylation sites (N-methyl/N-ethyl adjacent to an activating group) is 1. The van der Waals surface area contributed by atoms with Crippen LogP contribution in [0.15, 0.2) is 0 Å². The fourth-order valence-corrected chi connectivity index (χ4v) is 1.18. The van der Waals surface area contributed by atoms with Crippen LogP contribution in [0.25, 0.3) is 0 Å². The molecule has 0 unspecified atom stereocenters. The number of aromatic amines is 1. The summed E-state index contributed by atoms with van der Waals surface area (Å²) in [5.41, 5.74) is 5.42. The SMILES string of the molecule is CCCN(CC(=O)NC)c1n[nH]c(N)n1. The minimum absolute atomic E-state index is 0.0770. The number of aromatic nitrogens is 3. The van der Waals surface area contributed by atoms with Gasteiger partial charge in [0.25, 0.3) is 0 Å². The molecule has 1 aromatic heterocycles. The van der Waals surface area contributed by atoms with Crippen molar-refractivity contribution in [1.29, 1.82) is 0 Å². The van der Waals surface area contributed by atoms with Crippen LogP contribution in [0, 0.1) is 0 Å². The standard InChI is InChI=1S/C8H16N6O/c1-3-4-14(5-6(15)10-2)8-11-7(9)12-13-8/h3-5H2,1-2H3,(H,10,15)(H3,9,11,12,13). The molecule has 0 spiro atoms. The van der Waals surface area contributed by atoms with Crippen LogP contribution in [0.5, 0.6) is 0 Å². The van der Waals surface area contributed by atoms with Crippen molar-refractivity contribution in [1.82, 2.24) is 20.5 Å². The largest absolute Gasteiger partial charge is 0.368 e. The number of hydrogen-bond donors (Lipinski definition) is 3. The minimum atomic E-state index is -0.0770. The third kappa shape index (κ3) is 3.12. The maximum Gasteiger partial charge on any atom is 0.246 e. The van der Waals surface area contributed by atoms with Gasteiger partial charge in [-0.05, 0) is 6.42 Å². The molecule has 0 fully saturated rings. The smallest absolute Gasteiger partial charge is 0.246 e. The van der Waals surface area contributed by atoms with Gasteiger partial charge in [0.1, 0.15) is 0 Å². The predicted molar refractivity (Wildman–Crippen MR) is 57.4 cm³/mol. The van der Waals surface area contributed by atoms with E-state index < -0.39 is 0 Å². The first-order valence-corrected chi connectivity index (χ1v) is 4.80. The first-order valence-electron chi connectivity index (χ1n) is 4.80. The number of nitrogen functional groups attached to an aromatic ring is 1. The molecule has 0 aliphatic heterocycles. The van der Waals surface area contributed by atoms with E-state index in [1.54, 1.807) is 11.9 Å². The molecule has 0 aliphatic rings. The van der Waals surface area contributed by atoms with Gasteiger partial charge in [0.15, 0.2) is 0 Å². The van der Waals surface area contributed by atoms with E-state index in [4.69, 9.17) is 5.73 Å². The number of anilines is 2. The van der Waals surface area contributed by atoms with E-state index in [2.05, 4.69) is 20.5 Å². The second kappa shape index (κ2) is 5.18.